The number of hydrogen-bond acceptors (Lipinski definition) is 6. The first-order valence-corrected chi connectivity index (χ1v) is 11.2. The summed E-state index contributed by atoms with van der Waals surface area (Å²) >= 11 is 0. The number of carbonyl (C=O) groups is 1. The van der Waals surface area contributed by atoms with Gasteiger partial charge in [-0.1, -0.05) is 32.1 Å². The van der Waals surface area contributed by atoms with Crippen LogP contribution in [0.2, 0.25) is 0 Å². The van der Waals surface area contributed by atoms with Crippen molar-refractivity contribution < 1.29 is 28.5 Å². The van der Waals surface area contributed by atoms with E-state index in [2.05, 4.69) is 31.3 Å². The molecule has 0 atom stereocenters. The monoisotopic (exact) mass is 479 g/mol. The fraction of sp³-hybridized carbons (Fsp3) is 0.321. The molecule has 1 amide bonds. The molecule has 0 saturated carbocycles. The van der Waals surface area contributed by atoms with Crippen LogP contribution in [-0.4, -0.2) is 34.3 Å². The molecule has 0 fully saturated rings. The first kappa shape index (κ1) is 25.7. The topological polar surface area (TPSA) is 75.3 Å². The first-order chi connectivity index (χ1) is 16.6. The molecular formula is C28H33NO6. The van der Waals surface area contributed by atoms with Gasteiger partial charge < -0.3 is 29.0 Å². The summed E-state index contributed by atoms with van der Waals surface area (Å²) in [6.07, 6.45) is 7.70. The number of nitrogens with one attached hydrogen (secondary N) is 1. The van der Waals surface area contributed by atoms with Crippen LogP contribution < -0.4 is 29.0 Å². The molecule has 3 rings (SSSR count). The van der Waals surface area contributed by atoms with Crippen LogP contribution in [0.1, 0.15) is 38.8 Å². The summed E-state index contributed by atoms with van der Waals surface area (Å²) < 4.78 is 27.7. The fourth-order valence-corrected chi connectivity index (χ4v) is 3.77. The largest absolute Gasteiger partial charge is 0.496 e. The molecule has 1 aliphatic carbocycles. The standard InChI is InChI=1S/C28H33NO6/c1-17(27(30)29-26-24(33-7)14-20(31-5)15-25(26)34-8)9-10-18(2)35-23-16-21-19(13-22(23)32-6)11-12-28(21,3)4/h9-16H,1-8H3,(H,29,30)/b17-9+,18-10+. The lowest BCUT2D eigenvalue weighted by molar-refractivity contribution is -0.112. The highest BCUT2D eigenvalue weighted by Crippen LogP contribution is 2.42. The number of fused-ring (bicyclic) bond motifs is 1. The van der Waals surface area contributed by atoms with Gasteiger partial charge in [0.1, 0.15) is 28.7 Å². The SMILES string of the molecule is COc1cc(OC)c(NC(=O)/C(C)=C/C=C(\C)Oc2cc3c(cc2OC)C=CC3(C)C)c(OC)c1. The van der Waals surface area contributed by atoms with Crippen LogP contribution in [0.25, 0.3) is 6.08 Å². The van der Waals surface area contributed by atoms with Crippen molar-refractivity contribution >= 4 is 17.7 Å². The Morgan fingerprint density at radius 3 is 2.03 bits per heavy atom. The maximum atomic E-state index is 12.9. The average molecular weight is 480 g/mol. The summed E-state index contributed by atoms with van der Waals surface area (Å²) in [6, 6.07) is 7.34. The van der Waals surface area contributed by atoms with Crippen LogP contribution in [0.4, 0.5) is 5.69 Å². The molecule has 0 aliphatic heterocycles. The first-order valence-electron chi connectivity index (χ1n) is 11.2. The molecule has 0 heterocycles. The number of hydrogen-bond donors (Lipinski definition) is 1. The van der Waals surface area contributed by atoms with E-state index in [1.165, 1.54) is 19.8 Å². The molecule has 1 aliphatic rings. The Morgan fingerprint density at radius 1 is 0.829 bits per heavy atom. The second-order valence-electron chi connectivity index (χ2n) is 8.74. The second kappa shape index (κ2) is 10.6. The lowest BCUT2D eigenvalue weighted by atomic mass is 9.87. The normalized spacial score (nSPS) is 14.3. The van der Waals surface area contributed by atoms with Crippen molar-refractivity contribution in [3.63, 3.8) is 0 Å². The third-order valence-electron chi connectivity index (χ3n) is 5.86. The summed E-state index contributed by atoms with van der Waals surface area (Å²) in [5.74, 6) is 2.99. The summed E-state index contributed by atoms with van der Waals surface area (Å²) in [6.45, 7) is 7.86. The summed E-state index contributed by atoms with van der Waals surface area (Å²) in [5.41, 5.74) is 3.12. The van der Waals surface area contributed by atoms with Gasteiger partial charge in [0.15, 0.2) is 11.5 Å². The Bertz CT molecular complexity index is 1180. The molecule has 0 radical (unpaired) electrons. The molecule has 7 heteroatoms. The number of allylic oxidation sites excluding steroid dienone is 4. The van der Waals surface area contributed by atoms with Crippen LogP contribution >= 0.6 is 0 Å². The Labute approximate surface area is 207 Å². The van der Waals surface area contributed by atoms with E-state index in [4.69, 9.17) is 23.7 Å². The number of rotatable bonds is 9. The van der Waals surface area contributed by atoms with E-state index in [1.807, 2.05) is 19.1 Å². The van der Waals surface area contributed by atoms with E-state index >= 15 is 0 Å². The quantitative estimate of drug-likeness (QED) is 0.274. The third-order valence-corrected chi connectivity index (χ3v) is 5.86. The number of ether oxygens (including phenoxy) is 5. The van der Waals surface area contributed by atoms with Gasteiger partial charge in [0.25, 0.3) is 5.91 Å². The Morgan fingerprint density at radius 2 is 1.46 bits per heavy atom. The fourth-order valence-electron chi connectivity index (χ4n) is 3.77. The van der Waals surface area contributed by atoms with Gasteiger partial charge in [-0.2, -0.15) is 0 Å². The predicted octanol–water partition coefficient (Wildman–Crippen LogP) is 5.89. The van der Waals surface area contributed by atoms with Gasteiger partial charge in [-0.15, -0.1) is 0 Å². The molecule has 2 aromatic rings. The molecule has 2 aromatic carbocycles. The van der Waals surface area contributed by atoms with E-state index in [0.717, 1.165) is 5.56 Å². The van der Waals surface area contributed by atoms with E-state index in [1.54, 1.807) is 45.4 Å². The number of amides is 1. The van der Waals surface area contributed by atoms with E-state index in [-0.39, 0.29) is 11.3 Å². The minimum atomic E-state index is -0.307. The highest BCUT2D eigenvalue weighted by molar-refractivity contribution is 6.05. The number of anilines is 1. The minimum absolute atomic E-state index is 0.0739. The van der Waals surface area contributed by atoms with Gasteiger partial charge in [-0.05, 0) is 43.2 Å². The molecule has 0 aromatic heterocycles. The van der Waals surface area contributed by atoms with Crippen LogP contribution in [0, 0.1) is 0 Å². The average Bonchev–Trinajstić information content (AvgIpc) is 3.15. The molecule has 0 unspecified atom stereocenters. The van der Waals surface area contributed by atoms with Crippen LogP contribution in [0.5, 0.6) is 28.7 Å². The lowest BCUT2D eigenvalue weighted by Crippen LogP contribution is -2.14. The highest BCUT2D eigenvalue weighted by atomic mass is 16.5. The van der Waals surface area contributed by atoms with Gasteiger partial charge in [-0.3, -0.25) is 4.79 Å². The van der Waals surface area contributed by atoms with Gasteiger partial charge in [-0.25, -0.2) is 0 Å². The van der Waals surface area contributed by atoms with Gasteiger partial charge >= 0.3 is 0 Å². The van der Waals surface area contributed by atoms with Crippen molar-refractivity contribution in [3.8, 4) is 28.7 Å². The summed E-state index contributed by atoms with van der Waals surface area (Å²) in [5, 5.41) is 2.85. The molecule has 35 heavy (non-hydrogen) atoms. The van der Waals surface area contributed by atoms with Crippen LogP contribution in [0.3, 0.4) is 0 Å². The maximum absolute atomic E-state index is 12.9. The summed E-state index contributed by atoms with van der Waals surface area (Å²) in [7, 11) is 6.20. The lowest BCUT2D eigenvalue weighted by Gasteiger charge is -2.20. The van der Waals surface area contributed by atoms with Crippen molar-refractivity contribution in [2.45, 2.75) is 33.1 Å². The van der Waals surface area contributed by atoms with Crippen molar-refractivity contribution in [2.75, 3.05) is 33.8 Å². The number of methoxy groups -OCH3 is 4. The molecule has 0 saturated heterocycles. The zero-order valence-electron chi connectivity index (χ0n) is 21.6. The van der Waals surface area contributed by atoms with Gasteiger partial charge in [0, 0.05) is 23.1 Å². The van der Waals surface area contributed by atoms with E-state index in [9.17, 15) is 4.79 Å². The van der Waals surface area contributed by atoms with Crippen LogP contribution in [0.15, 0.2) is 53.8 Å². The molecule has 7 nitrogen and oxygen atoms in total. The molecule has 1 N–H and O–H groups in total. The zero-order chi connectivity index (χ0) is 25.8. The van der Waals surface area contributed by atoms with Gasteiger partial charge in [0.2, 0.25) is 0 Å². The second-order valence-corrected chi connectivity index (χ2v) is 8.74. The van der Waals surface area contributed by atoms with Crippen molar-refractivity contribution in [1.29, 1.82) is 0 Å². The van der Waals surface area contributed by atoms with Crippen molar-refractivity contribution in [2.24, 2.45) is 0 Å². The Balaban J connectivity index is 1.79. The Hall–Kier alpha value is -3.87. The van der Waals surface area contributed by atoms with E-state index in [0.29, 0.717) is 45.8 Å². The minimum Gasteiger partial charge on any atom is -0.496 e. The number of benzene rings is 2. The Kier molecular flexibility index (Phi) is 7.79. The smallest absolute Gasteiger partial charge is 0.251 e. The molecule has 0 bridgehead atoms. The zero-order valence-corrected chi connectivity index (χ0v) is 21.6. The molecular weight excluding hydrogens is 446 g/mol. The van der Waals surface area contributed by atoms with Crippen molar-refractivity contribution in [3.05, 3.63) is 65.0 Å². The van der Waals surface area contributed by atoms with Gasteiger partial charge in [0.05, 0.1) is 28.4 Å². The maximum Gasteiger partial charge on any atom is 0.251 e. The third kappa shape index (κ3) is 5.62. The summed E-state index contributed by atoms with van der Waals surface area (Å²) in [4.78, 5) is 12.9. The predicted molar refractivity (Wildman–Crippen MR) is 138 cm³/mol. The molecule has 186 valence electrons. The molecule has 0 spiro atoms. The van der Waals surface area contributed by atoms with Crippen molar-refractivity contribution in [1.82, 2.24) is 0 Å². The van der Waals surface area contributed by atoms with E-state index < -0.39 is 0 Å². The number of carbonyl (C=O) groups excluding carboxylic acids is 1. The van der Waals surface area contributed by atoms with Crippen LogP contribution in [-0.2, 0) is 10.2 Å². The highest BCUT2D eigenvalue weighted by Gasteiger charge is 2.27.